The molecule has 6 heteroatoms. The van der Waals surface area contributed by atoms with E-state index in [4.69, 9.17) is 5.73 Å². The molecule has 0 aliphatic carbocycles. The Labute approximate surface area is 138 Å². The molecule has 1 unspecified atom stereocenters. The van der Waals surface area contributed by atoms with Gasteiger partial charge in [-0.25, -0.2) is 0 Å². The molecule has 0 radical (unpaired) electrons. The molecule has 2 atom stereocenters. The van der Waals surface area contributed by atoms with Gasteiger partial charge in [0.25, 0.3) is 5.91 Å². The lowest BCUT2D eigenvalue weighted by Crippen LogP contribution is -2.47. The summed E-state index contributed by atoms with van der Waals surface area (Å²) in [7, 11) is 0. The zero-order valence-electron chi connectivity index (χ0n) is 12.4. The highest BCUT2D eigenvalue weighted by Gasteiger charge is 2.38. The van der Waals surface area contributed by atoms with Crippen LogP contribution in [0.4, 0.5) is 0 Å². The van der Waals surface area contributed by atoms with Crippen LogP contribution in [0.5, 0.6) is 0 Å². The van der Waals surface area contributed by atoms with Crippen LogP contribution in [-0.2, 0) is 4.79 Å². The van der Waals surface area contributed by atoms with E-state index in [-0.39, 0.29) is 23.9 Å². The number of likely N-dealkylation sites (tertiary alicyclic amines) is 2. The Bertz CT molecular complexity index is 575. The van der Waals surface area contributed by atoms with Gasteiger partial charge in [-0.05, 0) is 43.5 Å². The van der Waals surface area contributed by atoms with Crippen LogP contribution in [0, 0.1) is 0 Å². The highest BCUT2D eigenvalue weighted by molar-refractivity contribution is 9.10. The SMILES string of the molecule is N[C@@H]1CCN(C(=O)C2CCCN2C(=O)c2ccc(Br)cc2)C1. The summed E-state index contributed by atoms with van der Waals surface area (Å²) in [5, 5.41) is 0. The fraction of sp³-hybridized carbons (Fsp3) is 0.500. The molecule has 118 valence electrons. The number of benzene rings is 1. The topological polar surface area (TPSA) is 66.6 Å². The number of halogens is 1. The summed E-state index contributed by atoms with van der Waals surface area (Å²) in [6.45, 7) is 1.96. The van der Waals surface area contributed by atoms with Gasteiger partial charge in [0.1, 0.15) is 6.04 Å². The maximum atomic E-state index is 12.7. The first-order chi connectivity index (χ1) is 10.6. The molecule has 3 rings (SSSR count). The summed E-state index contributed by atoms with van der Waals surface area (Å²) < 4.78 is 0.934. The smallest absolute Gasteiger partial charge is 0.254 e. The zero-order chi connectivity index (χ0) is 15.7. The Morgan fingerprint density at radius 1 is 1.14 bits per heavy atom. The summed E-state index contributed by atoms with van der Waals surface area (Å²) in [6, 6.07) is 7.01. The largest absolute Gasteiger partial charge is 0.339 e. The number of amides is 2. The van der Waals surface area contributed by atoms with E-state index in [1.165, 1.54) is 0 Å². The average molecular weight is 366 g/mol. The number of rotatable bonds is 2. The van der Waals surface area contributed by atoms with Crippen LogP contribution in [0.25, 0.3) is 0 Å². The summed E-state index contributed by atoms with van der Waals surface area (Å²) in [6.07, 6.45) is 2.46. The molecule has 22 heavy (non-hydrogen) atoms. The number of hydrogen-bond acceptors (Lipinski definition) is 3. The first-order valence-electron chi connectivity index (χ1n) is 7.67. The molecule has 0 spiro atoms. The van der Waals surface area contributed by atoms with Crippen molar-refractivity contribution in [2.75, 3.05) is 19.6 Å². The third kappa shape index (κ3) is 3.03. The molecule has 1 aromatic rings. The van der Waals surface area contributed by atoms with E-state index in [1.54, 1.807) is 17.0 Å². The Balaban J connectivity index is 1.73. The first-order valence-corrected chi connectivity index (χ1v) is 8.46. The van der Waals surface area contributed by atoms with Crippen LogP contribution in [0.2, 0.25) is 0 Å². The van der Waals surface area contributed by atoms with Crippen LogP contribution >= 0.6 is 15.9 Å². The fourth-order valence-corrected chi connectivity index (χ4v) is 3.49. The van der Waals surface area contributed by atoms with Gasteiger partial charge in [-0.1, -0.05) is 15.9 Å². The van der Waals surface area contributed by atoms with Crippen molar-refractivity contribution >= 4 is 27.7 Å². The molecule has 2 heterocycles. The average Bonchev–Trinajstić information content (AvgIpc) is 3.15. The first kappa shape index (κ1) is 15.5. The van der Waals surface area contributed by atoms with Gasteiger partial charge < -0.3 is 15.5 Å². The van der Waals surface area contributed by atoms with Gasteiger partial charge in [0.15, 0.2) is 0 Å². The second-order valence-corrected chi connectivity index (χ2v) is 6.91. The minimum atomic E-state index is -0.332. The molecule has 0 bridgehead atoms. The van der Waals surface area contributed by atoms with Crippen LogP contribution in [0.15, 0.2) is 28.7 Å². The highest BCUT2D eigenvalue weighted by atomic mass is 79.9. The molecule has 1 aromatic carbocycles. The predicted molar refractivity (Wildman–Crippen MR) is 87.4 cm³/mol. The van der Waals surface area contributed by atoms with Gasteiger partial charge in [0.2, 0.25) is 5.91 Å². The molecule has 5 nitrogen and oxygen atoms in total. The van der Waals surface area contributed by atoms with Crippen molar-refractivity contribution in [2.45, 2.75) is 31.3 Å². The zero-order valence-corrected chi connectivity index (χ0v) is 14.0. The summed E-state index contributed by atoms with van der Waals surface area (Å²) >= 11 is 3.37. The molecule has 0 saturated carbocycles. The lowest BCUT2D eigenvalue weighted by Gasteiger charge is -2.28. The van der Waals surface area contributed by atoms with Crippen LogP contribution < -0.4 is 5.73 Å². The predicted octanol–water partition coefficient (Wildman–Crippen LogP) is 1.61. The van der Waals surface area contributed by atoms with Gasteiger partial charge in [-0.3, -0.25) is 9.59 Å². The van der Waals surface area contributed by atoms with E-state index in [0.29, 0.717) is 25.2 Å². The molecular weight excluding hydrogens is 346 g/mol. The van der Waals surface area contributed by atoms with Crippen LogP contribution in [0.1, 0.15) is 29.6 Å². The molecule has 2 aliphatic heterocycles. The van der Waals surface area contributed by atoms with E-state index in [1.807, 2.05) is 17.0 Å². The Morgan fingerprint density at radius 2 is 1.86 bits per heavy atom. The Hall–Kier alpha value is -1.40. The van der Waals surface area contributed by atoms with Gasteiger partial charge >= 0.3 is 0 Å². The second kappa shape index (κ2) is 6.38. The van der Waals surface area contributed by atoms with Crippen molar-refractivity contribution in [2.24, 2.45) is 5.73 Å². The van der Waals surface area contributed by atoms with Crippen LogP contribution in [-0.4, -0.2) is 53.3 Å². The number of nitrogens with zero attached hydrogens (tertiary/aromatic N) is 2. The monoisotopic (exact) mass is 365 g/mol. The van der Waals surface area contributed by atoms with Crippen molar-refractivity contribution in [3.8, 4) is 0 Å². The lowest BCUT2D eigenvalue weighted by molar-refractivity contribution is -0.134. The third-order valence-corrected chi connectivity index (χ3v) is 4.95. The fourth-order valence-electron chi connectivity index (χ4n) is 3.22. The molecule has 2 fully saturated rings. The standard InChI is InChI=1S/C16H20BrN3O2/c17-12-5-3-11(4-6-12)15(21)20-8-1-2-14(20)16(22)19-9-7-13(18)10-19/h3-6,13-14H,1-2,7-10,18H2/t13-,14?/m1/s1. The number of carbonyl (C=O) groups excluding carboxylic acids is 2. The minimum absolute atomic E-state index is 0.0518. The molecule has 0 aromatic heterocycles. The van der Waals surface area contributed by atoms with E-state index in [2.05, 4.69) is 15.9 Å². The van der Waals surface area contributed by atoms with E-state index >= 15 is 0 Å². The van der Waals surface area contributed by atoms with Crippen LogP contribution in [0.3, 0.4) is 0 Å². The molecule has 2 amide bonds. The summed E-state index contributed by atoms with van der Waals surface area (Å²) in [4.78, 5) is 28.9. The number of hydrogen-bond donors (Lipinski definition) is 1. The number of carbonyl (C=O) groups is 2. The van der Waals surface area contributed by atoms with Crippen molar-refractivity contribution in [3.63, 3.8) is 0 Å². The minimum Gasteiger partial charge on any atom is -0.339 e. The molecular formula is C16H20BrN3O2. The van der Waals surface area contributed by atoms with Gasteiger partial charge in [-0.2, -0.15) is 0 Å². The summed E-state index contributed by atoms with van der Waals surface area (Å²) in [5.41, 5.74) is 6.51. The second-order valence-electron chi connectivity index (χ2n) is 6.00. The lowest BCUT2D eigenvalue weighted by atomic mass is 10.1. The van der Waals surface area contributed by atoms with Crippen molar-refractivity contribution < 1.29 is 9.59 Å². The number of nitrogens with two attached hydrogens (primary N) is 1. The van der Waals surface area contributed by atoms with Crippen molar-refractivity contribution in [1.82, 2.24) is 9.80 Å². The molecule has 2 aliphatic rings. The third-order valence-electron chi connectivity index (χ3n) is 4.43. The van der Waals surface area contributed by atoms with E-state index < -0.39 is 0 Å². The van der Waals surface area contributed by atoms with Gasteiger partial charge in [0, 0.05) is 35.7 Å². The Kier molecular flexibility index (Phi) is 4.49. The Morgan fingerprint density at radius 3 is 2.50 bits per heavy atom. The molecule has 2 N–H and O–H groups in total. The highest BCUT2D eigenvalue weighted by Crippen LogP contribution is 2.24. The van der Waals surface area contributed by atoms with E-state index in [0.717, 1.165) is 23.7 Å². The van der Waals surface area contributed by atoms with E-state index in [9.17, 15) is 9.59 Å². The maximum Gasteiger partial charge on any atom is 0.254 e. The van der Waals surface area contributed by atoms with Crippen molar-refractivity contribution in [3.05, 3.63) is 34.3 Å². The molecule has 2 saturated heterocycles. The summed E-state index contributed by atoms with van der Waals surface area (Å²) in [5.74, 6) is -0.0113. The maximum absolute atomic E-state index is 12.7. The van der Waals surface area contributed by atoms with Gasteiger partial charge in [0.05, 0.1) is 0 Å². The quantitative estimate of drug-likeness (QED) is 0.865. The van der Waals surface area contributed by atoms with Crippen molar-refractivity contribution in [1.29, 1.82) is 0 Å². The normalized spacial score (nSPS) is 24.8. The van der Waals surface area contributed by atoms with Gasteiger partial charge in [-0.15, -0.1) is 0 Å².